The van der Waals surface area contributed by atoms with E-state index in [0.717, 1.165) is 12.8 Å². The van der Waals surface area contributed by atoms with Crippen molar-refractivity contribution in [1.82, 2.24) is 0 Å². The lowest BCUT2D eigenvalue weighted by atomic mass is 9.91. The zero-order chi connectivity index (χ0) is 25.6. The van der Waals surface area contributed by atoms with Crippen LogP contribution in [-0.4, -0.2) is 25.2 Å². The first-order valence-electron chi connectivity index (χ1n) is 14.6. The highest BCUT2D eigenvalue weighted by Crippen LogP contribution is 2.21. The number of hydrogen-bond acceptors (Lipinski definition) is 4. The van der Waals surface area contributed by atoms with Crippen LogP contribution < -0.4 is 0 Å². The Morgan fingerprint density at radius 2 is 0.882 bits per heavy atom. The lowest BCUT2D eigenvalue weighted by molar-refractivity contribution is -0.147. The molecule has 0 aromatic heterocycles. The fourth-order valence-corrected chi connectivity index (χ4v) is 4.32. The van der Waals surface area contributed by atoms with Gasteiger partial charge in [-0.05, 0) is 49.4 Å². The molecule has 4 nitrogen and oxygen atoms in total. The van der Waals surface area contributed by atoms with Crippen molar-refractivity contribution in [3.05, 3.63) is 0 Å². The van der Waals surface area contributed by atoms with Gasteiger partial charge in [0.2, 0.25) is 0 Å². The van der Waals surface area contributed by atoms with Gasteiger partial charge in [-0.15, -0.1) is 0 Å². The van der Waals surface area contributed by atoms with Gasteiger partial charge in [-0.1, -0.05) is 106 Å². The van der Waals surface area contributed by atoms with Gasteiger partial charge in [0.25, 0.3) is 0 Å². The second-order valence-corrected chi connectivity index (χ2v) is 11.0. The third-order valence-electron chi connectivity index (χ3n) is 7.17. The summed E-state index contributed by atoms with van der Waals surface area (Å²) in [6, 6.07) is 0. The maximum absolute atomic E-state index is 12.1. The molecule has 4 heteroatoms. The van der Waals surface area contributed by atoms with Gasteiger partial charge in [0.05, 0.1) is 13.2 Å². The Bertz CT molecular complexity index is 442. The van der Waals surface area contributed by atoms with Crippen molar-refractivity contribution in [3.8, 4) is 0 Å². The molecule has 202 valence electrons. The number of ether oxygens (including phenoxy) is 2. The van der Waals surface area contributed by atoms with Crippen LogP contribution in [-0.2, 0) is 19.1 Å². The van der Waals surface area contributed by atoms with Crippen molar-refractivity contribution < 1.29 is 19.1 Å². The van der Waals surface area contributed by atoms with Crippen LogP contribution in [0.25, 0.3) is 0 Å². The number of carbonyl (C=O) groups is 2. The Balaban J connectivity index is 3.96. The first-order chi connectivity index (χ1) is 16.3. The SMILES string of the molecule is CCCCCCCC(COC(=O)CCCCC(=O)OCC(CCCCCCC)C(C)C)C(C)C. The second kappa shape index (κ2) is 22.4. The number of carbonyl (C=O) groups excluding carboxylic acids is 2. The monoisotopic (exact) mass is 482 g/mol. The van der Waals surface area contributed by atoms with E-state index in [1.54, 1.807) is 0 Å². The van der Waals surface area contributed by atoms with Gasteiger partial charge in [-0.3, -0.25) is 9.59 Å². The van der Waals surface area contributed by atoms with Gasteiger partial charge in [-0.2, -0.15) is 0 Å². The first kappa shape index (κ1) is 32.9. The predicted molar refractivity (Wildman–Crippen MR) is 144 cm³/mol. The molecule has 0 aliphatic heterocycles. The molecule has 0 rings (SSSR count). The molecule has 0 heterocycles. The van der Waals surface area contributed by atoms with E-state index in [0.29, 0.717) is 62.6 Å². The Morgan fingerprint density at radius 3 is 1.21 bits per heavy atom. The van der Waals surface area contributed by atoms with E-state index >= 15 is 0 Å². The molecular formula is C30H58O4. The zero-order valence-electron chi connectivity index (χ0n) is 23.7. The summed E-state index contributed by atoms with van der Waals surface area (Å²) in [5.41, 5.74) is 0. The lowest BCUT2D eigenvalue weighted by Crippen LogP contribution is -2.19. The average molecular weight is 483 g/mol. The molecule has 0 fully saturated rings. The minimum absolute atomic E-state index is 0.132. The van der Waals surface area contributed by atoms with Crippen LogP contribution in [0.4, 0.5) is 0 Å². The van der Waals surface area contributed by atoms with Crippen LogP contribution in [0.1, 0.15) is 144 Å². The Hall–Kier alpha value is -1.06. The molecule has 0 radical (unpaired) electrons. The van der Waals surface area contributed by atoms with Gasteiger partial charge < -0.3 is 9.47 Å². The van der Waals surface area contributed by atoms with E-state index in [1.807, 2.05) is 0 Å². The quantitative estimate of drug-likeness (QED) is 0.108. The first-order valence-corrected chi connectivity index (χ1v) is 14.6. The minimum atomic E-state index is -0.132. The normalized spacial score (nSPS) is 13.3. The van der Waals surface area contributed by atoms with Gasteiger partial charge in [0.15, 0.2) is 0 Å². The van der Waals surface area contributed by atoms with Crippen LogP contribution in [0.5, 0.6) is 0 Å². The summed E-state index contributed by atoms with van der Waals surface area (Å²) in [5, 5.41) is 0. The molecule has 2 unspecified atom stereocenters. The third kappa shape index (κ3) is 19.3. The summed E-state index contributed by atoms with van der Waals surface area (Å²) in [6.45, 7) is 14.4. The van der Waals surface area contributed by atoms with Crippen LogP contribution in [0, 0.1) is 23.7 Å². The second-order valence-electron chi connectivity index (χ2n) is 11.0. The largest absolute Gasteiger partial charge is 0.465 e. The summed E-state index contributed by atoms with van der Waals surface area (Å²) < 4.78 is 11.1. The van der Waals surface area contributed by atoms with E-state index in [-0.39, 0.29) is 11.9 Å². The molecule has 34 heavy (non-hydrogen) atoms. The van der Waals surface area contributed by atoms with E-state index in [2.05, 4.69) is 41.5 Å². The van der Waals surface area contributed by atoms with Gasteiger partial charge in [-0.25, -0.2) is 0 Å². The van der Waals surface area contributed by atoms with E-state index in [9.17, 15) is 9.59 Å². The van der Waals surface area contributed by atoms with Gasteiger partial charge >= 0.3 is 11.9 Å². The van der Waals surface area contributed by atoms with E-state index in [1.165, 1.54) is 64.2 Å². The fourth-order valence-electron chi connectivity index (χ4n) is 4.32. The van der Waals surface area contributed by atoms with Crippen LogP contribution in [0.15, 0.2) is 0 Å². The number of rotatable bonds is 23. The molecule has 0 amide bonds. The molecule has 0 aromatic rings. The fraction of sp³-hybridized carbons (Fsp3) is 0.933. The Kier molecular flexibility index (Phi) is 21.7. The molecule has 0 aromatic carbocycles. The van der Waals surface area contributed by atoms with Gasteiger partial charge in [0.1, 0.15) is 0 Å². The minimum Gasteiger partial charge on any atom is -0.465 e. The molecule has 0 aliphatic carbocycles. The highest BCUT2D eigenvalue weighted by atomic mass is 16.5. The van der Waals surface area contributed by atoms with Crippen molar-refractivity contribution in [2.45, 2.75) is 144 Å². The number of esters is 2. The molecule has 0 saturated heterocycles. The zero-order valence-corrected chi connectivity index (χ0v) is 23.7. The molecular weight excluding hydrogens is 424 g/mol. The Morgan fingerprint density at radius 1 is 0.529 bits per heavy atom. The van der Waals surface area contributed by atoms with E-state index in [4.69, 9.17) is 9.47 Å². The highest BCUT2D eigenvalue weighted by molar-refractivity contribution is 5.70. The highest BCUT2D eigenvalue weighted by Gasteiger charge is 2.17. The average Bonchev–Trinajstić information content (AvgIpc) is 2.79. The molecule has 0 aliphatic rings. The van der Waals surface area contributed by atoms with Crippen molar-refractivity contribution in [2.75, 3.05) is 13.2 Å². The predicted octanol–water partition coefficient (Wildman–Crippen LogP) is 8.90. The van der Waals surface area contributed by atoms with Crippen LogP contribution >= 0.6 is 0 Å². The summed E-state index contributed by atoms with van der Waals surface area (Å²) in [4.78, 5) is 24.3. The summed E-state index contributed by atoms with van der Waals surface area (Å²) >= 11 is 0. The molecule has 0 saturated carbocycles. The lowest BCUT2D eigenvalue weighted by Gasteiger charge is -2.21. The molecule has 2 atom stereocenters. The summed E-state index contributed by atoms with van der Waals surface area (Å²) in [7, 11) is 0. The van der Waals surface area contributed by atoms with Crippen molar-refractivity contribution >= 4 is 11.9 Å². The molecule has 0 spiro atoms. The standard InChI is InChI=1S/C30H58O4/c1-7-9-11-13-15-19-27(25(3)4)23-33-29(31)21-17-18-22-30(32)34-24-28(26(5)6)20-16-14-12-10-8-2/h25-28H,7-24H2,1-6H3. The Labute approximate surface area is 212 Å². The third-order valence-corrected chi connectivity index (χ3v) is 7.17. The molecule has 0 N–H and O–H groups in total. The maximum atomic E-state index is 12.1. The number of unbranched alkanes of at least 4 members (excludes halogenated alkanes) is 9. The maximum Gasteiger partial charge on any atom is 0.305 e. The summed E-state index contributed by atoms with van der Waals surface area (Å²) in [6.07, 6.45) is 17.2. The van der Waals surface area contributed by atoms with Crippen LogP contribution in [0.3, 0.4) is 0 Å². The van der Waals surface area contributed by atoms with Crippen molar-refractivity contribution in [2.24, 2.45) is 23.7 Å². The van der Waals surface area contributed by atoms with Crippen LogP contribution in [0.2, 0.25) is 0 Å². The number of hydrogen-bond donors (Lipinski definition) is 0. The van der Waals surface area contributed by atoms with Gasteiger partial charge in [0, 0.05) is 12.8 Å². The van der Waals surface area contributed by atoms with Crippen molar-refractivity contribution in [3.63, 3.8) is 0 Å². The van der Waals surface area contributed by atoms with Crippen molar-refractivity contribution in [1.29, 1.82) is 0 Å². The topological polar surface area (TPSA) is 52.6 Å². The summed E-state index contributed by atoms with van der Waals surface area (Å²) in [5.74, 6) is 1.68. The smallest absolute Gasteiger partial charge is 0.305 e. The molecule has 0 bridgehead atoms. The van der Waals surface area contributed by atoms with E-state index < -0.39 is 0 Å².